The highest BCUT2D eigenvalue weighted by Crippen LogP contribution is 2.22. The van der Waals surface area contributed by atoms with E-state index in [1.165, 1.54) is 11.1 Å². The minimum atomic E-state index is 0.0642. The van der Waals surface area contributed by atoms with Crippen LogP contribution in [0.2, 0.25) is 0 Å². The van der Waals surface area contributed by atoms with Crippen LogP contribution in [0.25, 0.3) is 0 Å². The van der Waals surface area contributed by atoms with Gasteiger partial charge in [0.1, 0.15) is 6.54 Å². The van der Waals surface area contributed by atoms with E-state index in [1.54, 1.807) is 17.1 Å². The van der Waals surface area contributed by atoms with Gasteiger partial charge in [-0.2, -0.15) is 5.10 Å². The molecule has 1 aromatic carbocycles. The molecular weight excluding hydrogens is 228 g/mol. The number of nitrogens with zero attached hydrogens (tertiary/aromatic N) is 3. The van der Waals surface area contributed by atoms with Gasteiger partial charge in [0.2, 0.25) is 5.91 Å². The number of anilines is 1. The van der Waals surface area contributed by atoms with Gasteiger partial charge in [0.15, 0.2) is 0 Å². The SMILES string of the molecule is Nc1cnn(CC(=O)N2Cc3ccccc3C2)c1. The van der Waals surface area contributed by atoms with Crippen LogP contribution in [0.5, 0.6) is 0 Å². The minimum absolute atomic E-state index is 0.0642. The average molecular weight is 242 g/mol. The summed E-state index contributed by atoms with van der Waals surface area (Å²) in [6, 6.07) is 8.13. The molecule has 5 heteroatoms. The Labute approximate surface area is 105 Å². The van der Waals surface area contributed by atoms with Crippen molar-refractivity contribution in [3.63, 3.8) is 0 Å². The molecule has 0 aliphatic carbocycles. The van der Waals surface area contributed by atoms with E-state index in [1.807, 2.05) is 17.0 Å². The third-order valence-corrected chi connectivity index (χ3v) is 3.14. The van der Waals surface area contributed by atoms with Crippen molar-refractivity contribution in [2.75, 3.05) is 5.73 Å². The second-order valence-corrected chi connectivity index (χ2v) is 4.49. The van der Waals surface area contributed by atoms with Gasteiger partial charge in [0.25, 0.3) is 0 Å². The molecule has 3 rings (SSSR count). The number of carbonyl (C=O) groups excluding carboxylic acids is 1. The van der Waals surface area contributed by atoms with Gasteiger partial charge < -0.3 is 10.6 Å². The standard InChI is InChI=1S/C13H14N4O/c14-12-5-15-17(8-12)9-13(18)16-6-10-3-1-2-4-11(10)7-16/h1-5,8H,6-7,9,14H2. The summed E-state index contributed by atoms with van der Waals surface area (Å²) in [6.45, 7) is 1.61. The fourth-order valence-corrected chi connectivity index (χ4v) is 2.21. The largest absolute Gasteiger partial charge is 0.396 e. The lowest BCUT2D eigenvalue weighted by Gasteiger charge is -2.15. The van der Waals surface area contributed by atoms with Crippen molar-refractivity contribution in [1.82, 2.24) is 14.7 Å². The molecule has 92 valence electrons. The molecule has 5 nitrogen and oxygen atoms in total. The summed E-state index contributed by atoms with van der Waals surface area (Å²) in [7, 11) is 0. The zero-order valence-corrected chi connectivity index (χ0v) is 9.91. The van der Waals surface area contributed by atoms with Crippen LogP contribution in [-0.2, 0) is 24.4 Å². The molecule has 0 saturated heterocycles. The highest BCUT2D eigenvalue weighted by Gasteiger charge is 2.22. The van der Waals surface area contributed by atoms with Gasteiger partial charge in [0, 0.05) is 19.3 Å². The number of aromatic nitrogens is 2. The Morgan fingerprint density at radius 3 is 2.50 bits per heavy atom. The van der Waals surface area contributed by atoms with Crippen LogP contribution < -0.4 is 5.73 Å². The van der Waals surface area contributed by atoms with Crippen molar-refractivity contribution in [3.05, 3.63) is 47.8 Å². The number of hydrogen-bond donors (Lipinski definition) is 1. The van der Waals surface area contributed by atoms with Gasteiger partial charge in [-0.3, -0.25) is 9.48 Å². The number of amides is 1. The van der Waals surface area contributed by atoms with Crippen LogP contribution in [0.1, 0.15) is 11.1 Å². The highest BCUT2D eigenvalue weighted by molar-refractivity contribution is 5.76. The van der Waals surface area contributed by atoms with E-state index in [0.717, 1.165) is 0 Å². The molecular formula is C13H14N4O. The molecule has 18 heavy (non-hydrogen) atoms. The number of benzene rings is 1. The lowest BCUT2D eigenvalue weighted by Crippen LogP contribution is -2.29. The van der Waals surface area contributed by atoms with E-state index in [2.05, 4.69) is 17.2 Å². The Kier molecular flexibility index (Phi) is 2.51. The molecule has 1 aliphatic rings. The fraction of sp³-hybridized carbons (Fsp3) is 0.231. The molecule has 0 fully saturated rings. The molecule has 1 aromatic heterocycles. The van der Waals surface area contributed by atoms with Crippen LogP contribution in [0, 0.1) is 0 Å². The van der Waals surface area contributed by atoms with E-state index in [4.69, 9.17) is 5.73 Å². The molecule has 0 radical (unpaired) electrons. The first-order chi connectivity index (χ1) is 8.72. The Bertz CT molecular complexity index is 565. The first kappa shape index (κ1) is 10.8. The maximum atomic E-state index is 12.1. The van der Waals surface area contributed by atoms with Gasteiger partial charge in [-0.05, 0) is 11.1 Å². The molecule has 0 bridgehead atoms. The van der Waals surface area contributed by atoms with Gasteiger partial charge >= 0.3 is 0 Å². The zero-order valence-electron chi connectivity index (χ0n) is 9.91. The number of nitrogens with two attached hydrogens (primary N) is 1. The monoisotopic (exact) mass is 242 g/mol. The second-order valence-electron chi connectivity index (χ2n) is 4.49. The predicted molar refractivity (Wildman–Crippen MR) is 67.3 cm³/mol. The van der Waals surface area contributed by atoms with Crippen LogP contribution in [-0.4, -0.2) is 20.6 Å². The average Bonchev–Trinajstić information content (AvgIpc) is 2.95. The van der Waals surface area contributed by atoms with Crippen molar-refractivity contribution in [3.8, 4) is 0 Å². The summed E-state index contributed by atoms with van der Waals surface area (Å²) in [4.78, 5) is 14.0. The van der Waals surface area contributed by atoms with E-state index in [9.17, 15) is 4.79 Å². The quantitative estimate of drug-likeness (QED) is 0.854. The molecule has 1 aliphatic heterocycles. The highest BCUT2D eigenvalue weighted by atomic mass is 16.2. The molecule has 2 heterocycles. The molecule has 2 N–H and O–H groups in total. The van der Waals surface area contributed by atoms with Crippen LogP contribution in [0.3, 0.4) is 0 Å². The van der Waals surface area contributed by atoms with Gasteiger partial charge in [-0.1, -0.05) is 24.3 Å². The van der Waals surface area contributed by atoms with Crippen LogP contribution >= 0.6 is 0 Å². The van der Waals surface area contributed by atoms with Crippen molar-refractivity contribution in [2.24, 2.45) is 0 Å². The summed E-state index contributed by atoms with van der Waals surface area (Å²) >= 11 is 0. The van der Waals surface area contributed by atoms with E-state index in [-0.39, 0.29) is 12.5 Å². The molecule has 0 spiro atoms. The van der Waals surface area contributed by atoms with E-state index in [0.29, 0.717) is 18.8 Å². The molecule has 2 aromatic rings. The lowest BCUT2D eigenvalue weighted by molar-refractivity contribution is -0.132. The van der Waals surface area contributed by atoms with Crippen molar-refractivity contribution in [1.29, 1.82) is 0 Å². The summed E-state index contributed by atoms with van der Waals surface area (Å²) in [5.74, 6) is 0.0642. The third-order valence-electron chi connectivity index (χ3n) is 3.14. The maximum Gasteiger partial charge on any atom is 0.244 e. The molecule has 0 atom stereocenters. The third kappa shape index (κ3) is 1.95. The Morgan fingerprint density at radius 1 is 1.28 bits per heavy atom. The Hall–Kier alpha value is -2.30. The number of nitrogen functional groups attached to an aromatic ring is 1. The number of carbonyl (C=O) groups is 1. The van der Waals surface area contributed by atoms with E-state index >= 15 is 0 Å². The van der Waals surface area contributed by atoms with Gasteiger partial charge in [0.05, 0.1) is 11.9 Å². The minimum Gasteiger partial charge on any atom is -0.396 e. The summed E-state index contributed by atoms with van der Waals surface area (Å²) < 4.78 is 1.57. The first-order valence-corrected chi connectivity index (χ1v) is 5.85. The van der Waals surface area contributed by atoms with Gasteiger partial charge in [-0.25, -0.2) is 0 Å². The normalized spacial score (nSPS) is 13.7. The summed E-state index contributed by atoms with van der Waals surface area (Å²) in [5.41, 5.74) is 8.60. The number of rotatable bonds is 2. The Morgan fingerprint density at radius 2 is 1.94 bits per heavy atom. The molecule has 0 unspecified atom stereocenters. The van der Waals surface area contributed by atoms with E-state index < -0.39 is 0 Å². The lowest BCUT2D eigenvalue weighted by atomic mass is 10.1. The topological polar surface area (TPSA) is 64.1 Å². The number of fused-ring (bicyclic) bond motifs is 1. The molecule has 0 saturated carbocycles. The predicted octanol–water partition coefficient (Wildman–Crippen LogP) is 1.01. The smallest absolute Gasteiger partial charge is 0.244 e. The van der Waals surface area contributed by atoms with Crippen LogP contribution in [0.4, 0.5) is 5.69 Å². The van der Waals surface area contributed by atoms with Crippen molar-refractivity contribution in [2.45, 2.75) is 19.6 Å². The van der Waals surface area contributed by atoms with Gasteiger partial charge in [-0.15, -0.1) is 0 Å². The Balaban J connectivity index is 1.69. The maximum absolute atomic E-state index is 12.1. The second kappa shape index (κ2) is 4.18. The van der Waals surface area contributed by atoms with Crippen molar-refractivity contribution < 1.29 is 4.79 Å². The fourth-order valence-electron chi connectivity index (χ4n) is 2.21. The first-order valence-electron chi connectivity index (χ1n) is 5.85. The van der Waals surface area contributed by atoms with Crippen LogP contribution in [0.15, 0.2) is 36.7 Å². The zero-order chi connectivity index (χ0) is 12.5. The summed E-state index contributed by atoms with van der Waals surface area (Å²) in [6.07, 6.45) is 3.22. The van der Waals surface area contributed by atoms with Crippen molar-refractivity contribution >= 4 is 11.6 Å². The molecule has 1 amide bonds. The number of hydrogen-bond acceptors (Lipinski definition) is 3. The summed E-state index contributed by atoms with van der Waals surface area (Å²) in [5, 5.41) is 4.02.